The Morgan fingerprint density at radius 1 is 1.21 bits per heavy atom. The average Bonchev–Trinajstić information content (AvgIpc) is 2.65. The summed E-state index contributed by atoms with van der Waals surface area (Å²) in [5.41, 5.74) is 0.517. The molecule has 1 amide bonds. The molecule has 1 aromatic carbocycles. The molecule has 2 saturated heterocycles. The fourth-order valence-electron chi connectivity index (χ4n) is 4.21. The summed E-state index contributed by atoms with van der Waals surface area (Å²) >= 11 is 12.1. The number of nitrogens with one attached hydrogen (secondary N) is 1. The van der Waals surface area contributed by atoms with Crippen LogP contribution in [0.4, 0.5) is 0 Å². The van der Waals surface area contributed by atoms with E-state index in [9.17, 15) is 4.79 Å². The summed E-state index contributed by atoms with van der Waals surface area (Å²) in [7, 11) is 0. The Hall–Kier alpha value is -0.770. The molecule has 0 aromatic heterocycles. The number of carbonyl (C=O) groups is 1. The molecule has 2 heterocycles. The van der Waals surface area contributed by atoms with E-state index in [1.54, 1.807) is 18.2 Å². The maximum absolute atomic E-state index is 12.9. The van der Waals surface area contributed by atoms with Crippen molar-refractivity contribution in [1.82, 2.24) is 10.2 Å². The topological polar surface area (TPSA) is 32.3 Å². The molecule has 1 aromatic rings. The van der Waals surface area contributed by atoms with Gasteiger partial charge in [0.25, 0.3) is 5.91 Å². The normalized spacial score (nSPS) is 27.3. The van der Waals surface area contributed by atoms with Gasteiger partial charge in [-0.05, 0) is 55.7 Å². The van der Waals surface area contributed by atoms with Crippen molar-refractivity contribution in [2.24, 2.45) is 5.41 Å². The predicted octanol–water partition coefficient (Wildman–Crippen LogP) is 5.11. The Labute approximate surface area is 154 Å². The van der Waals surface area contributed by atoms with Crippen molar-refractivity contribution < 1.29 is 4.79 Å². The van der Waals surface area contributed by atoms with E-state index in [1.165, 1.54) is 12.8 Å². The number of rotatable bonds is 3. The van der Waals surface area contributed by atoms with Gasteiger partial charge < -0.3 is 5.32 Å². The second kappa shape index (κ2) is 6.51. The van der Waals surface area contributed by atoms with Crippen LogP contribution < -0.4 is 5.32 Å². The van der Waals surface area contributed by atoms with Crippen LogP contribution in [0.3, 0.4) is 0 Å². The largest absolute Gasteiger partial charge is 0.334 e. The lowest BCUT2D eigenvalue weighted by Gasteiger charge is -2.47. The number of carbonyl (C=O) groups excluding carboxylic acids is 1. The number of fused-ring (bicyclic) bond motifs is 2. The highest BCUT2D eigenvalue weighted by molar-refractivity contribution is 6.35. The third kappa shape index (κ3) is 3.74. The molecule has 2 bridgehead atoms. The Bertz CT molecular complexity index is 616. The van der Waals surface area contributed by atoms with Gasteiger partial charge in [0.1, 0.15) is 0 Å². The minimum atomic E-state index is -0.220. The van der Waals surface area contributed by atoms with Gasteiger partial charge in [0, 0.05) is 28.2 Å². The molecule has 2 unspecified atom stereocenters. The van der Waals surface area contributed by atoms with E-state index in [2.05, 4.69) is 31.0 Å². The quantitative estimate of drug-likeness (QED) is 0.803. The lowest BCUT2D eigenvalue weighted by molar-refractivity contribution is 0.00288. The summed E-state index contributed by atoms with van der Waals surface area (Å²) in [6.07, 6.45) is 5.60. The summed E-state index contributed by atoms with van der Waals surface area (Å²) in [4.78, 5) is 15.4. The monoisotopic (exact) mass is 368 g/mol. The number of amides is 1. The summed E-state index contributed by atoms with van der Waals surface area (Å²) in [5.74, 6) is -0.0825. The zero-order valence-electron chi connectivity index (χ0n) is 14.7. The second-order valence-corrected chi connectivity index (χ2v) is 9.29. The lowest BCUT2D eigenvalue weighted by Crippen LogP contribution is -2.62. The maximum Gasteiger partial charge on any atom is 0.252 e. The smallest absolute Gasteiger partial charge is 0.252 e. The molecule has 3 nitrogen and oxygen atoms in total. The highest BCUT2D eigenvalue weighted by atomic mass is 35.5. The molecule has 0 radical (unpaired) electrons. The minimum Gasteiger partial charge on any atom is -0.334 e. The lowest BCUT2D eigenvalue weighted by atomic mass is 9.90. The summed E-state index contributed by atoms with van der Waals surface area (Å²) in [6, 6.07) is 5.60. The molecule has 0 saturated carbocycles. The summed E-state index contributed by atoms with van der Waals surface area (Å²) in [6.45, 7) is 7.77. The number of nitrogens with zero attached hydrogens (tertiary/aromatic N) is 1. The van der Waals surface area contributed by atoms with Gasteiger partial charge in [-0.3, -0.25) is 9.69 Å². The third-order valence-corrected chi connectivity index (χ3v) is 5.56. The first-order valence-corrected chi connectivity index (χ1v) is 9.50. The van der Waals surface area contributed by atoms with Crippen LogP contribution in [0.25, 0.3) is 0 Å². The molecule has 0 spiro atoms. The molecule has 2 aliphatic heterocycles. The second-order valence-electron chi connectivity index (χ2n) is 8.42. The van der Waals surface area contributed by atoms with E-state index in [-0.39, 0.29) is 17.0 Å². The molecule has 3 rings (SSSR count). The van der Waals surface area contributed by atoms with E-state index in [4.69, 9.17) is 23.2 Å². The van der Waals surface area contributed by atoms with Crippen molar-refractivity contribution in [1.29, 1.82) is 0 Å². The van der Waals surface area contributed by atoms with Gasteiger partial charge in [0.15, 0.2) is 0 Å². The molecular formula is C19H26Cl2N2O. The van der Waals surface area contributed by atoms with Crippen LogP contribution in [0, 0.1) is 5.41 Å². The number of hydrogen-bond acceptors (Lipinski definition) is 2. The van der Waals surface area contributed by atoms with E-state index in [0.29, 0.717) is 21.7 Å². The average molecular weight is 369 g/mol. The van der Waals surface area contributed by atoms with Gasteiger partial charge in [-0.15, -0.1) is 0 Å². The van der Waals surface area contributed by atoms with E-state index in [1.807, 2.05) is 0 Å². The van der Waals surface area contributed by atoms with E-state index in [0.717, 1.165) is 25.8 Å². The minimum absolute atomic E-state index is 0.0825. The first-order valence-electron chi connectivity index (χ1n) is 8.74. The van der Waals surface area contributed by atoms with Crippen LogP contribution in [0.15, 0.2) is 18.2 Å². The maximum atomic E-state index is 12.9. The van der Waals surface area contributed by atoms with Crippen molar-refractivity contribution in [3.63, 3.8) is 0 Å². The Kier molecular flexibility index (Phi) is 4.89. The van der Waals surface area contributed by atoms with Crippen molar-refractivity contribution in [3.05, 3.63) is 33.8 Å². The van der Waals surface area contributed by atoms with E-state index < -0.39 is 0 Å². The fraction of sp³-hybridized carbons (Fsp3) is 0.632. The molecule has 0 aliphatic carbocycles. The van der Waals surface area contributed by atoms with Crippen molar-refractivity contribution >= 4 is 29.1 Å². The van der Waals surface area contributed by atoms with Crippen LogP contribution in [-0.2, 0) is 0 Å². The zero-order valence-corrected chi connectivity index (χ0v) is 16.2. The summed E-state index contributed by atoms with van der Waals surface area (Å²) < 4.78 is 0. The first-order chi connectivity index (χ1) is 11.2. The highest BCUT2D eigenvalue weighted by Crippen LogP contribution is 2.44. The van der Waals surface area contributed by atoms with Crippen LogP contribution in [0.1, 0.15) is 63.2 Å². The summed E-state index contributed by atoms with van der Waals surface area (Å²) in [5, 5.41) is 4.32. The van der Waals surface area contributed by atoms with Gasteiger partial charge in [-0.2, -0.15) is 0 Å². The fourth-order valence-corrected chi connectivity index (χ4v) is 4.74. The van der Waals surface area contributed by atoms with Gasteiger partial charge in [0.05, 0.1) is 5.66 Å². The molecular weight excluding hydrogens is 343 g/mol. The standard InChI is InChI=1S/C19H26Cl2N2O/c1-18(2,3)12-23-16-5-4-7-19(23,8-6-16)22-17(24)13-9-14(20)11-15(21)10-13/h9-11,16H,4-8,12H2,1-3H3,(H,22,24). The SMILES string of the molecule is CC(C)(C)CN1C2CCCC1(NC(=O)c1cc(Cl)cc(Cl)c1)CC2. The number of piperidine rings is 1. The number of halogens is 2. The van der Waals surface area contributed by atoms with Crippen LogP contribution in [0.5, 0.6) is 0 Å². The molecule has 2 fully saturated rings. The molecule has 24 heavy (non-hydrogen) atoms. The Morgan fingerprint density at radius 3 is 2.50 bits per heavy atom. The van der Waals surface area contributed by atoms with Gasteiger partial charge >= 0.3 is 0 Å². The van der Waals surface area contributed by atoms with Gasteiger partial charge in [-0.25, -0.2) is 0 Å². The molecule has 2 atom stereocenters. The Morgan fingerprint density at radius 2 is 1.88 bits per heavy atom. The van der Waals surface area contributed by atoms with Crippen molar-refractivity contribution in [2.75, 3.05) is 6.54 Å². The van der Waals surface area contributed by atoms with Crippen molar-refractivity contribution in [2.45, 2.75) is 64.6 Å². The Balaban J connectivity index is 1.84. The van der Waals surface area contributed by atoms with Crippen LogP contribution in [0.2, 0.25) is 10.0 Å². The van der Waals surface area contributed by atoms with Crippen LogP contribution >= 0.6 is 23.2 Å². The zero-order chi connectivity index (χ0) is 17.5. The molecule has 132 valence electrons. The third-order valence-electron chi connectivity index (χ3n) is 5.13. The van der Waals surface area contributed by atoms with Gasteiger partial charge in [0.2, 0.25) is 0 Å². The van der Waals surface area contributed by atoms with E-state index >= 15 is 0 Å². The molecule has 1 N–H and O–H groups in total. The first kappa shape index (κ1) is 18.0. The van der Waals surface area contributed by atoms with Gasteiger partial charge in [-0.1, -0.05) is 44.0 Å². The predicted molar refractivity (Wildman–Crippen MR) is 99.7 cm³/mol. The molecule has 2 aliphatic rings. The number of benzene rings is 1. The van der Waals surface area contributed by atoms with Crippen LogP contribution in [-0.4, -0.2) is 29.1 Å². The molecule has 5 heteroatoms. The highest BCUT2D eigenvalue weighted by Gasteiger charge is 2.50. The van der Waals surface area contributed by atoms with Crippen molar-refractivity contribution in [3.8, 4) is 0 Å². The number of hydrogen-bond donors (Lipinski definition) is 1.